The van der Waals surface area contributed by atoms with Gasteiger partial charge in [-0.3, -0.25) is 0 Å². The zero-order valence-electron chi connectivity index (χ0n) is 13.6. The van der Waals surface area contributed by atoms with Gasteiger partial charge in [-0.05, 0) is 36.3 Å². The predicted octanol–water partition coefficient (Wildman–Crippen LogP) is 3.78. The molecule has 0 aliphatic carbocycles. The van der Waals surface area contributed by atoms with E-state index in [2.05, 4.69) is 0 Å². The Bertz CT molecular complexity index is 805. The molecule has 4 nitrogen and oxygen atoms in total. The molecule has 2 aromatic carbocycles. The van der Waals surface area contributed by atoms with E-state index >= 15 is 0 Å². The lowest BCUT2D eigenvalue weighted by Gasteiger charge is -2.12. The second kappa shape index (κ2) is 8.14. The number of nitrogens with two attached hydrogens (primary N) is 1. The summed E-state index contributed by atoms with van der Waals surface area (Å²) < 4.78 is 11.2. The summed E-state index contributed by atoms with van der Waals surface area (Å²) in [6.07, 6.45) is 1.62. The Morgan fingerprint density at radius 1 is 1.21 bits per heavy atom. The van der Waals surface area contributed by atoms with Crippen LogP contribution in [0.3, 0.4) is 0 Å². The average molecular weight is 338 g/mol. The van der Waals surface area contributed by atoms with Crippen molar-refractivity contribution in [3.8, 4) is 17.6 Å². The Labute approximate surface area is 147 Å². The summed E-state index contributed by atoms with van der Waals surface area (Å²) in [7, 11) is 1.57. The SMILES string of the molecule is COc1cc(C=C(C#N)C(N)=S)ccc1OCc1ccc(C)cc1. The number of nitriles is 1. The van der Waals surface area contributed by atoms with Gasteiger partial charge in [-0.2, -0.15) is 5.26 Å². The van der Waals surface area contributed by atoms with Gasteiger partial charge in [0.1, 0.15) is 17.7 Å². The monoisotopic (exact) mass is 338 g/mol. The molecule has 0 aromatic heterocycles. The lowest BCUT2D eigenvalue weighted by Crippen LogP contribution is -2.09. The van der Waals surface area contributed by atoms with Crippen LogP contribution in [0.15, 0.2) is 48.0 Å². The molecule has 5 heteroatoms. The third-order valence-corrected chi connectivity index (χ3v) is 3.62. The predicted molar refractivity (Wildman–Crippen MR) is 98.9 cm³/mol. The number of rotatable bonds is 6. The quantitative estimate of drug-likeness (QED) is 0.493. The van der Waals surface area contributed by atoms with Crippen molar-refractivity contribution in [1.29, 1.82) is 5.26 Å². The molecule has 0 aliphatic rings. The van der Waals surface area contributed by atoms with E-state index in [0.717, 1.165) is 11.1 Å². The first-order valence-electron chi connectivity index (χ1n) is 7.31. The van der Waals surface area contributed by atoms with E-state index in [1.807, 2.05) is 43.3 Å². The van der Waals surface area contributed by atoms with Crippen molar-refractivity contribution in [2.45, 2.75) is 13.5 Å². The zero-order chi connectivity index (χ0) is 17.5. The molecule has 0 fully saturated rings. The summed E-state index contributed by atoms with van der Waals surface area (Å²) in [5.41, 5.74) is 8.80. The number of aryl methyl sites for hydroxylation is 1. The summed E-state index contributed by atoms with van der Waals surface area (Å²) in [6.45, 7) is 2.49. The van der Waals surface area contributed by atoms with Crippen molar-refractivity contribution in [3.63, 3.8) is 0 Å². The largest absolute Gasteiger partial charge is 0.493 e. The van der Waals surface area contributed by atoms with Gasteiger partial charge in [0, 0.05) is 0 Å². The highest BCUT2D eigenvalue weighted by Crippen LogP contribution is 2.29. The van der Waals surface area contributed by atoms with Crippen LogP contribution < -0.4 is 15.2 Å². The van der Waals surface area contributed by atoms with Gasteiger partial charge in [0.15, 0.2) is 11.5 Å². The van der Waals surface area contributed by atoms with E-state index in [-0.39, 0.29) is 10.6 Å². The number of hydrogen-bond acceptors (Lipinski definition) is 4. The molecule has 2 N–H and O–H groups in total. The van der Waals surface area contributed by atoms with Gasteiger partial charge < -0.3 is 15.2 Å². The molecular weight excluding hydrogens is 320 g/mol. The van der Waals surface area contributed by atoms with Crippen LogP contribution in [0.1, 0.15) is 16.7 Å². The van der Waals surface area contributed by atoms with Crippen LogP contribution in [0, 0.1) is 18.3 Å². The van der Waals surface area contributed by atoms with Crippen LogP contribution in [0.2, 0.25) is 0 Å². The highest BCUT2D eigenvalue weighted by Gasteiger charge is 2.07. The van der Waals surface area contributed by atoms with Crippen molar-refractivity contribution in [1.82, 2.24) is 0 Å². The minimum absolute atomic E-state index is 0.0659. The molecule has 0 unspecified atom stereocenters. The lowest BCUT2D eigenvalue weighted by atomic mass is 10.1. The fourth-order valence-corrected chi connectivity index (χ4v) is 2.17. The number of benzene rings is 2. The summed E-state index contributed by atoms with van der Waals surface area (Å²) in [5, 5.41) is 9.03. The Kier molecular flexibility index (Phi) is 5.94. The normalized spacial score (nSPS) is 10.8. The van der Waals surface area contributed by atoms with Crippen LogP contribution in [-0.2, 0) is 6.61 Å². The second-order valence-corrected chi connectivity index (χ2v) is 5.66. The van der Waals surface area contributed by atoms with Gasteiger partial charge in [0.05, 0.1) is 12.7 Å². The first-order chi connectivity index (χ1) is 11.5. The number of thiocarbonyl (C=S) groups is 1. The Morgan fingerprint density at radius 2 is 1.92 bits per heavy atom. The fourth-order valence-electron chi connectivity index (χ4n) is 2.06. The number of ether oxygens (including phenoxy) is 2. The molecule has 24 heavy (non-hydrogen) atoms. The smallest absolute Gasteiger partial charge is 0.161 e. The van der Waals surface area contributed by atoms with E-state index in [9.17, 15) is 0 Å². The highest BCUT2D eigenvalue weighted by atomic mass is 32.1. The maximum atomic E-state index is 9.03. The van der Waals surface area contributed by atoms with Crippen LogP contribution in [0.25, 0.3) is 6.08 Å². The Morgan fingerprint density at radius 3 is 2.50 bits per heavy atom. The van der Waals surface area contributed by atoms with E-state index in [4.69, 9.17) is 32.7 Å². The number of nitrogens with zero attached hydrogens (tertiary/aromatic N) is 1. The van der Waals surface area contributed by atoms with Crippen LogP contribution in [0.4, 0.5) is 0 Å². The van der Waals surface area contributed by atoms with Gasteiger partial charge in [-0.1, -0.05) is 48.1 Å². The number of hydrogen-bond donors (Lipinski definition) is 1. The molecule has 0 radical (unpaired) electrons. The summed E-state index contributed by atoms with van der Waals surface area (Å²) in [6, 6.07) is 15.5. The summed E-state index contributed by atoms with van der Waals surface area (Å²) in [4.78, 5) is 0.0659. The molecule has 0 amide bonds. The van der Waals surface area contributed by atoms with Crippen LogP contribution in [-0.4, -0.2) is 12.1 Å². The van der Waals surface area contributed by atoms with Crippen molar-refractivity contribution in [2.24, 2.45) is 5.73 Å². The van der Waals surface area contributed by atoms with Crippen molar-refractivity contribution < 1.29 is 9.47 Å². The molecular formula is C19H18N2O2S. The zero-order valence-corrected chi connectivity index (χ0v) is 14.4. The van der Waals surface area contributed by atoms with Gasteiger partial charge in [0.25, 0.3) is 0 Å². The lowest BCUT2D eigenvalue weighted by molar-refractivity contribution is 0.284. The first-order valence-corrected chi connectivity index (χ1v) is 7.72. The molecule has 2 aromatic rings. The van der Waals surface area contributed by atoms with E-state index in [1.54, 1.807) is 25.3 Å². The van der Waals surface area contributed by atoms with Gasteiger partial charge >= 0.3 is 0 Å². The molecule has 0 atom stereocenters. The van der Waals surface area contributed by atoms with Gasteiger partial charge in [0.2, 0.25) is 0 Å². The topological polar surface area (TPSA) is 68.3 Å². The molecule has 0 saturated heterocycles. The van der Waals surface area contributed by atoms with Gasteiger partial charge in [-0.15, -0.1) is 0 Å². The van der Waals surface area contributed by atoms with Crippen LogP contribution in [0.5, 0.6) is 11.5 Å². The van der Waals surface area contributed by atoms with E-state index in [1.165, 1.54) is 5.56 Å². The third-order valence-electron chi connectivity index (χ3n) is 3.40. The van der Waals surface area contributed by atoms with E-state index < -0.39 is 0 Å². The van der Waals surface area contributed by atoms with Crippen molar-refractivity contribution >= 4 is 23.3 Å². The molecule has 2 rings (SSSR count). The molecule has 0 aliphatic heterocycles. The second-order valence-electron chi connectivity index (χ2n) is 5.22. The number of methoxy groups -OCH3 is 1. The van der Waals surface area contributed by atoms with Crippen molar-refractivity contribution in [3.05, 3.63) is 64.7 Å². The Balaban J connectivity index is 2.18. The average Bonchev–Trinajstić information content (AvgIpc) is 2.59. The molecule has 0 heterocycles. The van der Waals surface area contributed by atoms with Gasteiger partial charge in [-0.25, -0.2) is 0 Å². The maximum Gasteiger partial charge on any atom is 0.161 e. The molecule has 0 spiro atoms. The molecule has 0 saturated carbocycles. The third kappa shape index (κ3) is 4.58. The maximum absolute atomic E-state index is 9.03. The molecule has 0 bridgehead atoms. The molecule has 122 valence electrons. The minimum Gasteiger partial charge on any atom is -0.493 e. The standard InChI is InChI=1S/C19H18N2O2S/c1-13-3-5-14(6-4-13)12-23-17-8-7-15(10-18(17)22-2)9-16(11-20)19(21)24/h3-10H,12H2,1-2H3,(H2,21,24). The summed E-state index contributed by atoms with van der Waals surface area (Å²) >= 11 is 4.84. The van der Waals surface area contributed by atoms with Crippen molar-refractivity contribution in [2.75, 3.05) is 7.11 Å². The van der Waals surface area contributed by atoms with Crippen LogP contribution >= 0.6 is 12.2 Å². The fraction of sp³-hybridized carbons (Fsp3) is 0.158. The summed E-state index contributed by atoms with van der Waals surface area (Å²) in [5.74, 6) is 1.21. The minimum atomic E-state index is 0.0659. The highest BCUT2D eigenvalue weighted by molar-refractivity contribution is 7.80. The van der Waals surface area contributed by atoms with E-state index in [0.29, 0.717) is 18.1 Å². The Hall–Kier alpha value is -2.84. The first kappa shape index (κ1) is 17.5.